The molecule has 2 aromatic heterocycles. The maximum absolute atomic E-state index is 12.1. The summed E-state index contributed by atoms with van der Waals surface area (Å²) in [6.45, 7) is 5.36. The molecule has 2 saturated carbocycles. The number of nitrogens with one attached hydrogen (secondary N) is 3. The van der Waals surface area contributed by atoms with E-state index in [0.717, 1.165) is 105 Å². The third kappa shape index (κ3) is 9.00. The Bertz CT molecular complexity index is 1800. The number of hydrogen-bond acceptors (Lipinski definition) is 9. The predicted molar refractivity (Wildman–Crippen MR) is 193 cm³/mol. The normalized spacial score (nSPS) is 19.8. The third-order valence-electron chi connectivity index (χ3n) is 9.54. The van der Waals surface area contributed by atoms with Gasteiger partial charge in [0.05, 0.1) is 6.10 Å². The van der Waals surface area contributed by atoms with Crippen LogP contribution >= 0.6 is 0 Å². The minimum Gasteiger partial charge on any atom is -0.393 e. The number of likely N-dealkylation sites (N-methyl/N-ethyl adjacent to an activating group) is 1. The lowest BCUT2D eigenvalue weighted by Crippen LogP contribution is -2.43. The molecule has 2 aromatic carbocycles. The van der Waals surface area contributed by atoms with Crippen LogP contribution in [0.2, 0.25) is 0 Å². The molecule has 7 rings (SSSR count). The van der Waals surface area contributed by atoms with Crippen LogP contribution in [0, 0.1) is 17.8 Å². The number of nitrogens with zero attached hydrogens (tertiary/aromatic N) is 5. The molecular weight excluding hydrogens is 612 g/mol. The van der Waals surface area contributed by atoms with Crippen LogP contribution in [0.15, 0.2) is 73.1 Å². The van der Waals surface area contributed by atoms with Gasteiger partial charge in [0.25, 0.3) is 0 Å². The minimum atomic E-state index is -0.221. The maximum atomic E-state index is 12.1. The van der Waals surface area contributed by atoms with Crippen molar-refractivity contribution in [2.24, 2.45) is 5.92 Å². The molecule has 0 spiro atoms. The quantitative estimate of drug-likeness (QED) is 0.174. The van der Waals surface area contributed by atoms with Crippen molar-refractivity contribution in [2.75, 3.05) is 49.2 Å². The number of aliphatic hydroxyl groups excluding tert-OH is 1. The maximum Gasteiger partial charge on any atom is 0.229 e. The summed E-state index contributed by atoms with van der Waals surface area (Å²) in [7, 11) is 2.18. The number of hydrogen-bond donors (Lipinski definition) is 4. The van der Waals surface area contributed by atoms with Crippen LogP contribution in [0.5, 0.6) is 0 Å². The van der Waals surface area contributed by atoms with Crippen molar-refractivity contribution in [1.29, 1.82) is 0 Å². The lowest BCUT2D eigenvalue weighted by atomic mass is 9.93. The van der Waals surface area contributed by atoms with Gasteiger partial charge in [0, 0.05) is 79.6 Å². The van der Waals surface area contributed by atoms with Gasteiger partial charge in [-0.2, -0.15) is 4.98 Å². The average Bonchev–Trinajstić information content (AvgIpc) is 3.97. The van der Waals surface area contributed by atoms with E-state index in [2.05, 4.69) is 73.9 Å². The first-order valence-electron chi connectivity index (χ1n) is 17.4. The summed E-state index contributed by atoms with van der Waals surface area (Å²) in [5, 5.41) is 20.0. The number of aliphatic hydroxyl groups is 1. The number of anilines is 4. The number of rotatable bonds is 9. The fourth-order valence-corrected chi connectivity index (χ4v) is 6.30. The molecule has 1 aliphatic heterocycles. The van der Waals surface area contributed by atoms with Crippen LogP contribution in [-0.2, 0) is 11.3 Å². The molecule has 1 amide bonds. The van der Waals surface area contributed by atoms with Gasteiger partial charge in [0.2, 0.25) is 11.9 Å². The van der Waals surface area contributed by atoms with Gasteiger partial charge in [-0.3, -0.25) is 9.69 Å². The molecule has 0 radical (unpaired) electrons. The van der Waals surface area contributed by atoms with E-state index in [-0.39, 0.29) is 24.0 Å². The van der Waals surface area contributed by atoms with Crippen LogP contribution in [0.25, 0.3) is 11.1 Å². The molecule has 0 bridgehead atoms. The van der Waals surface area contributed by atoms with Crippen molar-refractivity contribution in [3.8, 4) is 23.0 Å². The summed E-state index contributed by atoms with van der Waals surface area (Å²) in [5.74, 6) is 7.76. The second kappa shape index (κ2) is 15.2. The molecule has 3 fully saturated rings. The highest BCUT2D eigenvalue weighted by molar-refractivity contribution is 5.94. The van der Waals surface area contributed by atoms with Gasteiger partial charge in [-0.1, -0.05) is 30.2 Å². The van der Waals surface area contributed by atoms with Crippen molar-refractivity contribution in [2.45, 2.75) is 57.2 Å². The van der Waals surface area contributed by atoms with E-state index < -0.39 is 0 Å². The molecule has 0 atom stereocenters. The second-order valence-corrected chi connectivity index (χ2v) is 13.5. The molecular formula is C39H44N8O2. The number of benzene rings is 2. The summed E-state index contributed by atoms with van der Waals surface area (Å²) in [6, 6.07) is 20.4. The first-order chi connectivity index (χ1) is 23.9. The Kier molecular flexibility index (Phi) is 10.1. The Morgan fingerprint density at radius 1 is 0.878 bits per heavy atom. The van der Waals surface area contributed by atoms with Crippen molar-refractivity contribution < 1.29 is 9.90 Å². The lowest BCUT2D eigenvalue weighted by molar-refractivity contribution is -0.117. The van der Waals surface area contributed by atoms with E-state index in [4.69, 9.17) is 9.97 Å². The zero-order chi connectivity index (χ0) is 33.6. The molecule has 3 aliphatic rings. The highest BCUT2D eigenvalue weighted by Gasteiger charge is 2.29. The van der Waals surface area contributed by atoms with Gasteiger partial charge >= 0.3 is 0 Å². The Morgan fingerprint density at radius 2 is 1.63 bits per heavy atom. The van der Waals surface area contributed by atoms with E-state index in [1.807, 2.05) is 30.5 Å². The smallest absolute Gasteiger partial charge is 0.229 e. The lowest BCUT2D eigenvalue weighted by Gasteiger charge is -2.32. The zero-order valence-electron chi connectivity index (χ0n) is 28.0. The summed E-state index contributed by atoms with van der Waals surface area (Å²) in [4.78, 5) is 31.0. The zero-order valence-corrected chi connectivity index (χ0v) is 28.0. The van der Waals surface area contributed by atoms with Crippen molar-refractivity contribution in [1.82, 2.24) is 24.8 Å². The van der Waals surface area contributed by atoms with Crippen LogP contribution in [0.1, 0.15) is 55.3 Å². The molecule has 10 heteroatoms. The monoisotopic (exact) mass is 656 g/mol. The highest BCUT2D eigenvalue weighted by atomic mass is 16.3. The van der Waals surface area contributed by atoms with E-state index in [0.29, 0.717) is 11.6 Å². The molecule has 49 heavy (non-hydrogen) atoms. The van der Waals surface area contributed by atoms with Gasteiger partial charge in [-0.05, 0) is 99.0 Å². The van der Waals surface area contributed by atoms with Crippen LogP contribution in [0.3, 0.4) is 0 Å². The number of piperazine rings is 1. The Labute approximate surface area is 288 Å². The van der Waals surface area contributed by atoms with Gasteiger partial charge < -0.3 is 26.0 Å². The van der Waals surface area contributed by atoms with E-state index >= 15 is 0 Å². The largest absolute Gasteiger partial charge is 0.393 e. The molecule has 1 saturated heterocycles. The summed E-state index contributed by atoms with van der Waals surface area (Å²) >= 11 is 0. The van der Waals surface area contributed by atoms with Crippen LogP contribution in [-0.4, -0.2) is 81.1 Å². The van der Waals surface area contributed by atoms with Crippen molar-refractivity contribution in [3.63, 3.8) is 0 Å². The number of carbonyl (C=O) groups is 1. The van der Waals surface area contributed by atoms with Gasteiger partial charge in [0.1, 0.15) is 11.5 Å². The number of aromatic nitrogens is 3. The molecule has 2 aliphatic carbocycles. The standard InChI is InChI=1S/C39H44N8O2/c1-46-20-22-47(23-21-46)26-28-2-7-29(8-3-28)36-25-41-39(45-37(36)42-31-14-16-35(48)17-15-31)44-32-11-4-27(5-12-32)6-13-33-24-34(18-19-40-33)43-38(49)30-9-10-30/h2-5,7-8,11-12,18-19,24-25,30-31,35,48H,9-10,14-17,20-23,26H2,1H3,(H,40,43,49)(H2,41,42,44,45). The fourth-order valence-electron chi connectivity index (χ4n) is 6.30. The molecule has 4 N–H and O–H groups in total. The SMILES string of the molecule is CN1CCN(Cc2ccc(-c3cnc(Nc4ccc(C#Cc5cc(NC(=O)C6CC6)ccn5)cc4)nc3NC3CCC(O)CC3)cc2)CC1. The van der Waals surface area contributed by atoms with Gasteiger partial charge in [-0.15, -0.1) is 0 Å². The van der Waals surface area contributed by atoms with Crippen LogP contribution in [0.4, 0.5) is 23.1 Å². The number of carbonyl (C=O) groups excluding carboxylic acids is 1. The number of pyridine rings is 1. The molecule has 10 nitrogen and oxygen atoms in total. The van der Waals surface area contributed by atoms with E-state index in [1.165, 1.54) is 5.56 Å². The Hall–Kier alpha value is -4.82. The number of amides is 1. The van der Waals surface area contributed by atoms with E-state index in [9.17, 15) is 9.90 Å². The Morgan fingerprint density at radius 3 is 2.37 bits per heavy atom. The molecule has 0 unspecified atom stereocenters. The predicted octanol–water partition coefficient (Wildman–Crippen LogP) is 5.49. The molecule has 3 heterocycles. The first kappa shape index (κ1) is 32.7. The third-order valence-corrected chi connectivity index (χ3v) is 9.54. The second-order valence-electron chi connectivity index (χ2n) is 13.5. The van der Waals surface area contributed by atoms with Gasteiger partial charge in [-0.25, -0.2) is 9.97 Å². The molecule has 4 aromatic rings. The van der Waals surface area contributed by atoms with Crippen molar-refractivity contribution >= 4 is 29.0 Å². The topological polar surface area (TPSA) is 119 Å². The summed E-state index contributed by atoms with van der Waals surface area (Å²) in [6.07, 6.45) is 8.63. The molecule has 252 valence electrons. The van der Waals surface area contributed by atoms with Crippen molar-refractivity contribution in [3.05, 3.63) is 89.9 Å². The van der Waals surface area contributed by atoms with E-state index in [1.54, 1.807) is 18.3 Å². The average molecular weight is 657 g/mol. The fraction of sp³-hybridized carbons (Fsp3) is 0.385. The minimum absolute atomic E-state index is 0.0642. The summed E-state index contributed by atoms with van der Waals surface area (Å²) in [5.41, 5.74) is 6.34. The summed E-state index contributed by atoms with van der Waals surface area (Å²) < 4.78 is 0. The van der Waals surface area contributed by atoms with Gasteiger partial charge in [0.15, 0.2) is 0 Å². The highest BCUT2D eigenvalue weighted by Crippen LogP contribution is 2.32. The van der Waals surface area contributed by atoms with Crippen LogP contribution < -0.4 is 16.0 Å². The first-order valence-corrected chi connectivity index (χ1v) is 17.4. The Balaban J connectivity index is 1.04.